The molecule has 0 N–H and O–H groups in total. The molecule has 2 rings (SSSR count). The Morgan fingerprint density at radius 3 is 2.55 bits per heavy atom. The summed E-state index contributed by atoms with van der Waals surface area (Å²) in [7, 11) is 1.78. The van der Waals surface area contributed by atoms with E-state index in [0.717, 1.165) is 24.3 Å². The molecule has 2 saturated carbocycles. The molecule has 2 unspecified atom stereocenters. The van der Waals surface area contributed by atoms with Gasteiger partial charge in [0.2, 0.25) is 0 Å². The SMILES string of the molecule is COCC1(CCl)CC2CC2C1. The van der Waals surface area contributed by atoms with Crippen LogP contribution in [0.4, 0.5) is 0 Å². The van der Waals surface area contributed by atoms with Crippen LogP contribution in [0.25, 0.3) is 0 Å². The molecule has 0 spiro atoms. The van der Waals surface area contributed by atoms with Crippen molar-refractivity contribution >= 4 is 11.6 Å². The second-order valence-electron chi connectivity index (χ2n) is 4.23. The predicted molar refractivity (Wildman–Crippen MR) is 45.9 cm³/mol. The molecule has 0 aromatic heterocycles. The Kier molecular flexibility index (Phi) is 1.89. The lowest BCUT2D eigenvalue weighted by Gasteiger charge is -2.27. The number of halogens is 1. The molecule has 2 atom stereocenters. The zero-order valence-electron chi connectivity index (χ0n) is 6.98. The van der Waals surface area contributed by atoms with Gasteiger partial charge >= 0.3 is 0 Å². The number of methoxy groups -OCH3 is 1. The molecule has 0 radical (unpaired) electrons. The van der Waals surface area contributed by atoms with E-state index in [2.05, 4.69) is 0 Å². The third-order valence-corrected chi connectivity index (χ3v) is 3.76. The monoisotopic (exact) mass is 174 g/mol. The van der Waals surface area contributed by atoms with E-state index in [1.54, 1.807) is 7.11 Å². The molecule has 0 heterocycles. The first-order chi connectivity index (χ1) is 5.29. The van der Waals surface area contributed by atoms with Crippen molar-refractivity contribution in [1.29, 1.82) is 0 Å². The first-order valence-electron chi connectivity index (χ1n) is 4.34. The molecular formula is C9H15ClO. The fourth-order valence-corrected chi connectivity index (χ4v) is 2.87. The van der Waals surface area contributed by atoms with Crippen molar-refractivity contribution < 1.29 is 4.74 Å². The molecule has 2 fully saturated rings. The summed E-state index contributed by atoms with van der Waals surface area (Å²) in [6.45, 7) is 0.865. The van der Waals surface area contributed by atoms with Gasteiger partial charge in [-0.15, -0.1) is 11.6 Å². The summed E-state index contributed by atoms with van der Waals surface area (Å²) in [5, 5.41) is 0. The molecule has 2 heteroatoms. The van der Waals surface area contributed by atoms with Gasteiger partial charge in [-0.2, -0.15) is 0 Å². The van der Waals surface area contributed by atoms with Crippen molar-refractivity contribution in [2.45, 2.75) is 19.3 Å². The highest BCUT2D eigenvalue weighted by atomic mass is 35.5. The largest absolute Gasteiger partial charge is 0.384 e. The Labute approximate surface area is 73.1 Å². The highest BCUT2D eigenvalue weighted by Crippen LogP contribution is 2.60. The van der Waals surface area contributed by atoms with Crippen LogP contribution in [-0.4, -0.2) is 19.6 Å². The zero-order valence-corrected chi connectivity index (χ0v) is 7.73. The predicted octanol–water partition coefficient (Wildman–Crippen LogP) is 2.29. The molecule has 0 bridgehead atoms. The number of hydrogen-bond acceptors (Lipinski definition) is 1. The topological polar surface area (TPSA) is 9.23 Å². The molecule has 11 heavy (non-hydrogen) atoms. The van der Waals surface area contributed by atoms with E-state index in [4.69, 9.17) is 16.3 Å². The quantitative estimate of drug-likeness (QED) is 0.597. The molecule has 0 amide bonds. The van der Waals surface area contributed by atoms with Gasteiger partial charge in [0.15, 0.2) is 0 Å². The van der Waals surface area contributed by atoms with Crippen molar-refractivity contribution in [3.8, 4) is 0 Å². The molecule has 0 aliphatic heterocycles. The van der Waals surface area contributed by atoms with Crippen molar-refractivity contribution in [3.05, 3.63) is 0 Å². The fraction of sp³-hybridized carbons (Fsp3) is 1.00. The maximum atomic E-state index is 5.95. The van der Waals surface area contributed by atoms with Gasteiger partial charge < -0.3 is 4.74 Å². The van der Waals surface area contributed by atoms with Crippen LogP contribution in [-0.2, 0) is 4.74 Å². The van der Waals surface area contributed by atoms with E-state index in [0.29, 0.717) is 5.41 Å². The van der Waals surface area contributed by atoms with Gasteiger partial charge in [-0.25, -0.2) is 0 Å². The summed E-state index contributed by atoms with van der Waals surface area (Å²) in [5.74, 6) is 2.79. The van der Waals surface area contributed by atoms with Crippen LogP contribution < -0.4 is 0 Å². The van der Waals surface area contributed by atoms with Crippen LogP contribution >= 0.6 is 11.6 Å². The Morgan fingerprint density at radius 2 is 2.09 bits per heavy atom. The van der Waals surface area contributed by atoms with E-state index in [9.17, 15) is 0 Å². The summed E-state index contributed by atoms with van der Waals surface area (Å²) >= 11 is 5.95. The van der Waals surface area contributed by atoms with Crippen LogP contribution in [0.15, 0.2) is 0 Å². The summed E-state index contributed by atoms with van der Waals surface area (Å²) in [6.07, 6.45) is 4.09. The molecule has 0 aromatic carbocycles. The summed E-state index contributed by atoms with van der Waals surface area (Å²) in [5.41, 5.74) is 0.351. The number of hydrogen-bond donors (Lipinski definition) is 0. The highest BCUT2D eigenvalue weighted by Gasteiger charge is 2.53. The Hall–Kier alpha value is 0.250. The Balaban J connectivity index is 1.96. The third kappa shape index (κ3) is 1.29. The Bertz CT molecular complexity index is 148. The first-order valence-corrected chi connectivity index (χ1v) is 4.88. The number of alkyl halides is 1. The third-order valence-electron chi connectivity index (χ3n) is 3.19. The van der Waals surface area contributed by atoms with Crippen molar-refractivity contribution in [3.63, 3.8) is 0 Å². The van der Waals surface area contributed by atoms with E-state index < -0.39 is 0 Å². The van der Waals surface area contributed by atoms with E-state index in [-0.39, 0.29) is 0 Å². The molecular weight excluding hydrogens is 160 g/mol. The normalized spacial score (nSPS) is 47.5. The lowest BCUT2D eigenvalue weighted by Crippen LogP contribution is -2.26. The molecule has 2 aliphatic rings. The van der Waals surface area contributed by atoms with Gasteiger partial charge in [-0.1, -0.05) is 0 Å². The van der Waals surface area contributed by atoms with E-state index in [1.165, 1.54) is 19.3 Å². The Morgan fingerprint density at radius 1 is 1.45 bits per heavy atom. The van der Waals surface area contributed by atoms with Gasteiger partial charge in [-0.3, -0.25) is 0 Å². The second kappa shape index (κ2) is 2.63. The maximum absolute atomic E-state index is 5.95. The summed E-state index contributed by atoms with van der Waals surface area (Å²) in [4.78, 5) is 0. The van der Waals surface area contributed by atoms with Crippen molar-refractivity contribution in [2.24, 2.45) is 17.3 Å². The standard InChI is InChI=1S/C9H15ClO/c1-11-6-9(5-10)3-7-2-8(7)4-9/h7-8H,2-6H2,1H3. The molecule has 0 aromatic rings. The van der Waals surface area contributed by atoms with E-state index >= 15 is 0 Å². The van der Waals surface area contributed by atoms with Gasteiger partial charge in [0.25, 0.3) is 0 Å². The van der Waals surface area contributed by atoms with Gasteiger partial charge in [-0.05, 0) is 31.1 Å². The fourth-order valence-electron chi connectivity index (χ4n) is 2.58. The molecule has 64 valence electrons. The number of fused-ring (bicyclic) bond motifs is 1. The number of rotatable bonds is 3. The lowest BCUT2D eigenvalue weighted by atomic mass is 9.86. The van der Waals surface area contributed by atoms with Crippen LogP contribution in [0.1, 0.15) is 19.3 Å². The van der Waals surface area contributed by atoms with Crippen LogP contribution in [0.2, 0.25) is 0 Å². The maximum Gasteiger partial charge on any atom is 0.0530 e. The average molecular weight is 175 g/mol. The van der Waals surface area contributed by atoms with Gasteiger partial charge in [0, 0.05) is 18.4 Å². The van der Waals surface area contributed by atoms with Crippen LogP contribution in [0.3, 0.4) is 0 Å². The summed E-state index contributed by atoms with van der Waals surface area (Å²) < 4.78 is 5.20. The van der Waals surface area contributed by atoms with E-state index in [1.807, 2.05) is 0 Å². The van der Waals surface area contributed by atoms with Crippen molar-refractivity contribution in [1.82, 2.24) is 0 Å². The average Bonchev–Trinajstić information content (AvgIpc) is 2.61. The smallest absolute Gasteiger partial charge is 0.0530 e. The van der Waals surface area contributed by atoms with Crippen molar-refractivity contribution in [2.75, 3.05) is 19.6 Å². The second-order valence-corrected chi connectivity index (χ2v) is 4.50. The molecule has 0 saturated heterocycles. The molecule has 1 nitrogen and oxygen atoms in total. The minimum atomic E-state index is 0.351. The van der Waals surface area contributed by atoms with Gasteiger partial charge in [0.1, 0.15) is 0 Å². The minimum absolute atomic E-state index is 0.351. The number of ether oxygens (including phenoxy) is 1. The highest BCUT2D eigenvalue weighted by molar-refractivity contribution is 6.18. The minimum Gasteiger partial charge on any atom is -0.384 e. The lowest BCUT2D eigenvalue weighted by molar-refractivity contribution is 0.0900. The van der Waals surface area contributed by atoms with Crippen LogP contribution in [0, 0.1) is 17.3 Å². The molecule has 2 aliphatic carbocycles. The van der Waals surface area contributed by atoms with Gasteiger partial charge in [0.05, 0.1) is 6.61 Å². The first kappa shape index (κ1) is 7.88. The zero-order chi connectivity index (χ0) is 7.90. The van der Waals surface area contributed by atoms with Crippen LogP contribution in [0.5, 0.6) is 0 Å². The summed E-state index contributed by atoms with van der Waals surface area (Å²) in [6, 6.07) is 0.